The number of nitrogens with zero attached hydrogens (tertiary/aromatic N) is 3. The molecule has 1 aliphatic rings. The fourth-order valence-corrected chi connectivity index (χ4v) is 7.46. The lowest BCUT2D eigenvalue weighted by molar-refractivity contribution is -0.141. The first-order chi connectivity index (χ1) is 23.7. The Morgan fingerprint density at radius 2 is 1.78 bits per heavy atom. The molecule has 5 N–H and O–H groups in total. The number of hydrogen-bond acceptors (Lipinski definition) is 9. The summed E-state index contributed by atoms with van der Waals surface area (Å²) in [5, 5.41) is 17.9. The van der Waals surface area contributed by atoms with Gasteiger partial charge in [0.15, 0.2) is 0 Å². The van der Waals surface area contributed by atoms with Crippen LogP contribution >= 0.6 is 11.3 Å². The van der Waals surface area contributed by atoms with Crippen LogP contribution in [0.2, 0.25) is 0 Å². The number of anilines is 1. The van der Waals surface area contributed by atoms with E-state index >= 15 is 0 Å². The number of hydrogen-bond donors (Lipinski definition) is 4. The van der Waals surface area contributed by atoms with E-state index in [9.17, 15) is 24.3 Å². The minimum Gasteiger partial charge on any atom is -0.481 e. The first kappa shape index (κ1) is 40.9. The second kappa shape index (κ2) is 19.2. The molecule has 3 rings (SSSR count). The normalized spacial score (nSPS) is 18.8. The number of nitrogen functional groups attached to an aromatic ring is 1. The second-order valence-corrected chi connectivity index (χ2v) is 15.1. The highest BCUT2D eigenvalue weighted by molar-refractivity contribution is 7.09. The monoisotopic (exact) mass is 714 g/mol. The Balaban J connectivity index is 1.75. The van der Waals surface area contributed by atoms with Crippen LogP contribution in [0, 0.1) is 17.8 Å². The van der Waals surface area contributed by atoms with Crippen molar-refractivity contribution < 1.29 is 29.0 Å². The van der Waals surface area contributed by atoms with Gasteiger partial charge in [-0.05, 0) is 68.8 Å². The van der Waals surface area contributed by atoms with Crippen molar-refractivity contribution in [2.24, 2.45) is 17.8 Å². The number of carbonyl (C=O) groups is 4. The van der Waals surface area contributed by atoms with Crippen LogP contribution in [0.5, 0.6) is 0 Å². The van der Waals surface area contributed by atoms with Gasteiger partial charge in [-0.1, -0.05) is 59.6 Å². The molecule has 50 heavy (non-hydrogen) atoms. The summed E-state index contributed by atoms with van der Waals surface area (Å²) < 4.78 is 5.90. The first-order valence-corrected chi connectivity index (χ1v) is 18.7. The number of benzene rings is 1. The van der Waals surface area contributed by atoms with Gasteiger partial charge in [0.1, 0.15) is 22.8 Å². The minimum atomic E-state index is -0.932. The van der Waals surface area contributed by atoms with E-state index in [2.05, 4.69) is 34.4 Å². The highest BCUT2D eigenvalue weighted by Gasteiger charge is 2.37. The average molecular weight is 715 g/mol. The number of thiazole rings is 1. The molecule has 1 aromatic carbocycles. The molecule has 1 saturated heterocycles. The van der Waals surface area contributed by atoms with Crippen LogP contribution in [0.3, 0.4) is 0 Å². The number of nitrogens with two attached hydrogens (primary N) is 1. The Bertz CT molecular complexity index is 1420. The quantitative estimate of drug-likeness (QED) is 0.159. The zero-order chi connectivity index (χ0) is 37.1. The molecular formula is C37H58N6O6S. The van der Waals surface area contributed by atoms with E-state index in [1.54, 1.807) is 43.5 Å². The molecule has 7 atom stereocenters. The molecule has 3 amide bonds. The van der Waals surface area contributed by atoms with E-state index in [1.165, 1.54) is 11.3 Å². The van der Waals surface area contributed by atoms with Gasteiger partial charge in [-0.25, -0.2) is 4.98 Å². The number of amides is 3. The van der Waals surface area contributed by atoms with E-state index in [0.29, 0.717) is 23.5 Å². The zero-order valence-corrected chi connectivity index (χ0v) is 31.8. The van der Waals surface area contributed by atoms with E-state index in [1.807, 2.05) is 33.0 Å². The highest BCUT2D eigenvalue weighted by Crippen LogP contribution is 2.30. The smallest absolute Gasteiger partial charge is 0.306 e. The third kappa shape index (κ3) is 11.2. The average Bonchev–Trinajstić information content (AvgIpc) is 3.58. The number of carbonyl (C=O) groups excluding carboxylic acids is 3. The van der Waals surface area contributed by atoms with Crippen molar-refractivity contribution >= 4 is 40.7 Å². The van der Waals surface area contributed by atoms with Gasteiger partial charge in [0.25, 0.3) is 5.91 Å². The molecule has 0 bridgehead atoms. The molecule has 278 valence electrons. The third-order valence-corrected chi connectivity index (χ3v) is 11.0. The van der Waals surface area contributed by atoms with Gasteiger partial charge in [0.05, 0.1) is 12.0 Å². The number of nitrogens with one attached hydrogen (secondary N) is 2. The number of likely N-dealkylation sites (tertiary alicyclic amines) is 1. The summed E-state index contributed by atoms with van der Waals surface area (Å²) in [6.07, 6.45) is 4.20. The van der Waals surface area contributed by atoms with Crippen molar-refractivity contribution in [3.8, 4) is 0 Å². The number of rotatable bonds is 18. The fourth-order valence-electron chi connectivity index (χ4n) is 6.57. The van der Waals surface area contributed by atoms with Crippen LogP contribution in [0.4, 0.5) is 5.69 Å². The zero-order valence-electron chi connectivity index (χ0n) is 31.0. The van der Waals surface area contributed by atoms with Gasteiger partial charge in [-0.2, -0.15) is 0 Å². The Morgan fingerprint density at radius 1 is 1.10 bits per heavy atom. The number of piperidine rings is 1. The summed E-state index contributed by atoms with van der Waals surface area (Å²) in [5.41, 5.74) is 7.59. The number of aliphatic carboxylic acids is 1. The minimum absolute atomic E-state index is 0.0591. The van der Waals surface area contributed by atoms with Gasteiger partial charge in [0.2, 0.25) is 11.8 Å². The van der Waals surface area contributed by atoms with Crippen molar-refractivity contribution in [3.05, 3.63) is 45.9 Å². The molecule has 1 aromatic heterocycles. The van der Waals surface area contributed by atoms with Crippen LogP contribution in [0.1, 0.15) is 100 Å². The molecule has 0 radical (unpaired) electrons. The Morgan fingerprint density at radius 3 is 2.36 bits per heavy atom. The van der Waals surface area contributed by atoms with Crippen molar-refractivity contribution in [2.45, 2.75) is 110 Å². The van der Waals surface area contributed by atoms with Crippen LogP contribution in [-0.4, -0.2) is 95.5 Å². The van der Waals surface area contributed by atoms with Crippen LogP contribution in [0.25, 0.3) is 0 Å². The number of methoxy groups -OCH3 is 1. The summed E-state index contributed by atoms with van der Waals surface area (Å²) in [6, 6.07) is 5.71. The summed E-state index contributed by atoms with van der Waals surface area (Å²) in [7, 11) is 5.33. The number of carboxylic acids is 1. The lowest BCUT2D eigenvalue weighted by Gasteiger charge is -2.38. The number of carboxylic acid groups (broad SMARTS) is 1. The molecule has 12 nitrogen and oxygen atoms in total. The van der Waals surface area contributed by atoms with Crippen molar-refractivity contribution in [2.75, 3.05) is 33.5 Å². The molecule has 7 unspecified atom stereocenters. The van der Waals surface area contributed by atoms with Crippen molar-refractivity contribution in [3.63, 3.8) is 0 Å². The van der Waals surface area contributed by atoms with Gasteiger partial charge in [-0.15, -0.1) is 11.3 Å². The van der Waals surface area contributed by atoms with Gasteiger partial charge < -0.3 is 31.1 Å². The predicted octanol–water partition coefficient (Wildman–Crippen LogP) is 4.75. The molecule has 2 aromatic rings. The number of aromatic nitrogens is 1. The highest BCUT2D eigenvalue weighted by atomic mass is 32.1. The van der Waals surface area contributed by atoms with Gasteiger partial charge >= 0.3 is 5.97 Å². The lowest BCUT2D eigenvalue weighted by atomic mass is 9.92. The number of ether oxygens (including phenoxy) is 1. The van der Waals surface area contributed by atoms with E-state index < -0.39 is 36.0 Å². The molecule has 13 heteroatoms. The molecule has 1 fully saturated rings. The first-order valence-electron chi connectivity index (χ1n) is 17.8. The summed E-state index contributed by atoms with van der Waals surface area (Å²) >= 11 is 1.31. The van der Waals surface area contributed by atoms with Gasteiger partial charge in [-0.3, -0.25) is 24.1 Å². The Kier molecular flexibility index (Phi) is 15.7. The maximum atomic E-state index is 14.1. The summed E-state index contributed by atoms with van der Waals surface area (Å²) in [6.45, 7) is 10.6. The molecule has 0 saturated carbocycles. The molecule has 0 aliphatic carbocycles. The maximum absolute atomic E-state index is 14.1. The van der Waals surface area contributed by atoms with Crippen LogP contribution < -0.4 is 16.4 Å². The summed E-state index contributed by atoms with van der Waals surface area (Å²) in [4.78, 5) is 61.0. The molecule has 2 heterocycles. The second-order valence-electron chi connectivity index (χ2n) is 14.2. The Labute approximate surface area is 301 Å². The van der Waals surface area contributed by atoms with Crippen LogP contribution in [-0.2, 0) is 25.5 Å². The van der Waals surface area contributed by atoms with Crippen LogP contribution in [0.15, 0.2) is 29.6 Å². The predicted molar refractivity (Wildman–Crippen MR) is 197 cm³/mol. The topological polar surface area (TPSA) is 167 Å². The standard InChI is InChI=1S/C37H58N6O6S/c1-9-23(4)32(41-34(45)29-12-10-11-17-42(29)6)36(46)43(7)30(22(2)3)20-31(49-8)35-40-28(21-50-35)33(44)39-27(18-24(5)37(47)48)19-25-13-15-26(38)16-14-25/h13-16,21-24,27,29-32H,9-12,17-20,38H2,1-8H3,(H,39,44)(H,41,45)(H,47,48). The maximum Gasteiger partial charge on any atom is 0.306 e. The van der Waals surface area contributed by atoms with Crippen molar-refractivity contribution in [1.82, 2.24) is 25.4 Å². The molecular weight excluding hydrogens is 657 g/mol. The summed E-state index contributed by atoms with van der Waals surface area (Å²) in [5.74, 6) is -2.23. The number of likely N-dealkylation sites (N-methyl/N-ethyl adjacent to an activating group) is 2. The van der Waals surface area contributed by atoms with Crippen molar-refractivity contribution in [1.29, 1.82) is 0 Å². The SMILES string of the molecule is CCC(C)C(NC(=O)C1CCCCN1C)C(=O)N(C)C(CC(OC)c1nc(C(=O)NC(Cc2ccc(N)cc2)CC(C)C(=O)O)cs1)C(C)C. The third-order valence-electron chi connectivity index (χ3n) is 10.1. The van der Waals surface area contributed by atoms with E-state index in [4.69, 9.17) is 10.5 Å². The van der Waals surface area contributed by atoms with E-state index in [-0.39, 0.29) is 47.8 Å². The molecule has 1 aliphatic heterocycles. The fraction of sp³-hybridized carbons (Fsp3) is 0.649. The Hall–Kier alpha value is -3.55. The largest absolute Gasteiger partial charge is 0.481 e. The van der Waals surface area contributed by atoms with Gasteiger partial charge in [0, 0.05) is 43.7 Å². The van der Waals surface area contributed by atoms with E-state index in [0.717, 1.165) is 37.8 Å². The molecule has 0 spiro atoms. The lowest BCUT2D eigenvalue weighted by Crippen LogP contribution is -2.58.